The molecule has 1 aromatic rings. The van der Waals surface area contributed by atoms with Crippen molar-refractivity contribution in [3.8, 4) is 0 Å². The largest absolute Gasteiger partial charge is 0.394 e. The SMILES string of the molecule is OC[C@@H]1O[C@H]([n+]2c[nH]c3c2NC=NC[C@@H]3O)C[C@H]1O. The molecule has 1 aromatic heterocycles. The average molecular weight is 269 g/mol. The molecule has 0 aliphatic carbocycles. The molecule has 104 valence electrons. The lowest BCUT2D eigenvalue weighted by Crippen LogP contribution is -2.40. The fourth-order valence-electron chi connectivity index (χ4n) is 2.45. The lowest BCUT2D eigenvalue weighted by Gasteiger charge is -2.11. The summed E-state index contributed by atoms with van der Waals surface area (Å²) in [6, 6.07) is 0. The van der Waals surface area contributed by atoms with E-state index >= 15 is 0 Å². The molecule has 1 saturated heterocycles. The predicted octanol–water partition coefficient (Wildman–Crippen LogP) is -1.57. The number of anilines is 1. The first kappa shape index (κ1) is 12.5. The Morgan fingerprint density at radius 1 is 1.47 bits per heavy atom. The van der Waals surface area contributed by atoms with Gasteiger partial charge in [0.05, 0.1) is 19.3 Å². The first-order valence-electron chi connectivity index (χ1n) is 6.20. The number of aromatic nitrogens is 2. The second-order valence-electron chi connectivity index (χ2n) is 4.71. The molecule has 8 nitrogen and oxygen atoms in total. The van der Waals surface area contributed by atoms with Gasteiger partial charge in [-0.05, 0) is 0 Å². The molecule has 5 N–H and O–H groups in total. The Labute approximate surface area is 109 Å². The van der Waals surface area contributed by atoms with Crippen LogP contribution >= 0.6 is 0 Å². The molecular formula is C11H17N4O4+. The number of hydrogen-bond acceptors (Lipinski definition) is 6. The number of aliphatic imine (C=N–C) groups is 1. The van der Waals surface area contributed by atoms with Gasteiger partial charge < -0.3 is 20.1 Å². The van der Waals surface area contributed by atoms with E-state index in [0.29, 0.717) is 17.9 Å². The minimum atomic E-state index is -0.706. The average Bonchev–Trinajstić information content (AvgIpc) is 2.93. The van der Waals surface area contributed by atoms with Crippen molar-refractivity contribution in [2.45, 2.75) is 31.0 Å². The molecule has 19 heavy (non-hydrogen) atoms. The zero-order chi connectivity index (χ0) is 13.4. The van der Waals surface area contributed by atoms with Gasteiger partial charge in [-0.25, -0.2) is 4.57 Å². The van der Waals surface area contributed by atoms with Crippen LogP contribution in [0.15, 0.2) is 11.3 Å². The monoisotopic (exact) mass is 269 g/mol. The molecular weight excluding hydrogens is 252 g/mol. The third-order valence-electron chi connectivity index (χ3n) is 3.47. The smallest absolute Gasteiger partial charge is 0.267 e. The highest BCUT2D eigenvalue weighted by atomic mass is 16.5. The van der Waals surface area contributed by atoms with E-state index in [2.05, 4.69) is 15.3 Å². The first-order chi connectivity index (χ1) is 9.20. The fraction of sp³-hybridized carbons (Fsp3) is 0.636. The molecule has 8 heteroatoms. The number of nitrogens with one attached hydrogen (secondary N) is 2. The van der Waals surface area contributed by atoms with Gasteiger partial charge in [0, 0.05) is 6.42 Å². The van der Waals surface area contributed by atoms with Crippen molar-refractivity contribution >= 4 is 12.2 Å². The number of rotatable bonds is 2. The van der Waals surface area contributed by atoms with E-state index in [-0.39, 0.29) is 13.2 Å². The van der Waals surface area contributed by atoms with Gasteiger partial charge in [0.2, 0.25) is 0 Å². The molecule has 0 spiro atoms. The highest BCUT2D eigenvalue weighted by Gasteiger charge is 2.39. The summed E-state index contributed by atoms with van der Waals surface area (Å²) in [5.74, 6) is 0.657. The second-order valence-corrected chi connectivity index (χ2v) is 4.71. The Morgan fingerprint density at radius 3 is 3.05 bits per heavy atom. The number of imidazole rings is 1. The summed E-state index contributed by atoms with van der Waals surface area (Å²) in [6.45, 7) is 0.0658. The van der Waals surface area contributed by atoms with E-state index in [1.807, 2.05) is 0 Å². The summed E-state index contributed by atoms with van der Waals surface area (Å²) >= 11 is 0. The van der Waals surface area contributed by atoms with Crippen LogP contribution in [-0.2, 0) is 4.74 Å². The summed E-state index contributed by atoms with van der Waals surface area (Å²) in [4.78, 5) is 6.99. The molecule has 0 amide bonds. The second kappa shape index (κ2) is 4.89. The van der Waals surface area contributed by atoms with Crippen molar-refractivity contribution in [1.82, 2.24) is 4.98 Å². The van der Waals surface area contributed by atoms with Crippen LogP contribution in [0.1, 0.15) is 24.4 Å². The summed E-state index contributed by atoms with van der Waals surface area (Å²) in [7, 11) is 0. The quantitative estimate of drug-likeness (QED) is 0.416. The Morgan fingerprint density at radius 2 is 2.32 bits per heavy atom. The number of aromatic amines is 1. The van der Waals surface area contributed by atoms with Gasteiger partial charge >= 0.3 is 0 Å². The van der Waals surface area contributed by atoms with E-state index in [0.717, 1.165) is 0 Å². The zero-order valence-electron chi connectivity index (χ0n) is 10.2. The normalized spacial score (nSPS) is 33.8. The molecule has 3 heterocycles. The van der Waals surface area contributed by atoms with E-state index in [9.17, 15) is 10.2 Å². The fourth-order valence-corrected chi connectivity index (χ4v) is 2.45. The van der Waals surface area contributed by atoms with Crippen LogP contribution in [-0.4, -0.2) is 52.0 Å². The van der Waals surface area contributed by atoms with Crippen molar-refractivity contribution in [2.24, 2.45) is 4.99 Å². The maximum Gasteiger partial charge on any atom is 0.267 e. The number of hydrogen-bond donors (Lipinski definition) is 5. The van der Waals surface area contributed by atoms with Gasteiger partial charge in [0.25, 0.3) is 5.82 Å². The molecule has 0 saturated carbocycles. The molecule has 2 aliphatic heterocycles. The van der Waals surface area contributed by atoms with Gasteiger partial charge in [-0.15, -0.1) is 0 Å². The van der Waals surface area contributed by atoms with E-state index < -0.39 is 24.5 Å². The summed E-state index contributed by atoms with van der Waals surface area (Å²) in [5.41, 5.74) is 0.628. The van der Waals surface area contributed by atoms with Crippen molar-refractivity contribution in [1.29, 1.82) is 0 Å². The number of H-pyrrole nitrogens is 1. The summed E-state index contributed by atoms with van der Waals surface area (Å²) in [5, 5.41) is 31.8. The summed E-state index contributed by atoms with van der Waals surface area (Å²) in [6.07, 6.45) is 1.21. The molecule has 3 rings (SSSR count). The van der Waals surface area contributed by atoms with Crippen molar-refractivity contribution in [3.63, 3.8) is 0 Å². The maximum atomic E-state index is 9.92. The van der Waals surface area contributed by atoms with Crippen LogP contribution in [0, 0.1) is 0 Å². The highest BCUT2D eigenvalue weighted by Crippen LogP contribution is 2.28. The molecule has 4 atom stereocenters. The van der Waals surface area contributed by atoms with Crippen molar-refractivity contribution in [2.75, 3.05) is 18.5 Å². The lowest BCUT2D eigenvalue weighted by atomic mass is 10.2. The van der Waals surface area contributed by atoms with Crippen LogP contribution in [0.5, 0.6) is 0 Å². The van der Waals surface area contributed by atoms with E-state index in [4.69, 9.17) is 9.84 Å². The Balaban J connectivity index is 1.89. The van der Waals surface area contributed by atoms with Gasteiger partial charge in [-0.3, -0.25) is 15.3 Å². The standard InChI is InChI=1S/C11H16N4O4/c16-3-8-6(17)1-9(19-8)15-5-14-10-7(18)2-12-4-13-11(10)15/h4-9,16-18H,1-3H2,(H,12,13)/p+1/t6-,7+,8+,9+/m1/s1. The van der Waals surface area contributed by atoms with Crippen molar-refractivity contribution < 1.29 is 24.6 Å². The Kier molecular flexibility index (Phi) is 3.23. The zero-order valence-corrected chi connectivity index (χ0v) is 10.2. The Bertz CT molecular complexity index is 489. The third kappa shape index (κ3) is 2.12. The highest BCUT2D eigenvalue weighted by molar-refractivity contribution is 5.74. The van der Waals surface area contributed by atoms with Crippen LogP contribution in [0.4, 0.5) is 5.82 Å². The molecule has 0 unspecified atom stereocenters. The molecule has 0 bridgehead atoms. The van der Waals surface area contributed by atoms with Crippen LogP contribution in [0.25, 0.3) is 0 Å². The molecule has 1 fully saturated rings. The van der Waals surface area contributed by atoms with Gasteiger partial charge in [-0.1, -0.05) is 0 Å². The van der Waals surface area contributed by atoms with Crippen LogP contribution < -0.4 is 9.88 Å². The number of nitrogens with zero attached hydrogens (tertiary/aromatic N) is 2. The topological polar surface area (TPSA) is 114 Å². The van der Waals surface area contributed by atoms with Crippen LogP contribution in [0.3, 0.4) is 0 Å². The third-order valence-corrected chi connectivity index (χ3v) is 3.47. The van der Waals surface area contributed by atoms with E-state index in [1.165, 1.54) is 6.34 Å². The predicted molar refractivity (Wildman–Crippen MR) is 64.5 cm³/mol. The van der Waals surface area contributed by atoms with Crippen LogP contribution in [0.2, 0.25) is 0 Å². The van der Waals surface area contributed by atoms with Gasteiger partial charge in [0.1, 0.15) is 18.5 Å². The summed E-state index contributed by atoms with van der Waals surface area (Å²) < 4.78 is 7.34. The molecule has 0 radical (unpaired) electrons. The number of fused-ring (bicyclic) bond motifs is 1. The first-order valence-corrected chi connectivity index (χ1v) is 6.20. The Hall–Kier alpha value is -1.48. The minimum Gasteiger partial charge on any atom is -0.394 e. The lowest BCUT2D eigenvalue weighted by molar-refractivity contribution is -0.746. The number of aliphatic hydroxyl groups is 3. The molecule has 2 aliphatic rings. The van der Waals surface area contributed by atoms with E-state index in [1.54, 1.807) is 10.9 Å². The number of aliphatic hydroxyl groups excluding tert-OH is 3. The molecule has 0 aromatic carbocycles. The van der Waals surface area contributed by atoms with Gasteiger partial charge in [0.15, 0.2) is 18.2 Å². The van der Waals surface area contributed by atoms with Gasteiger partial charge in [-0.2, -0.15) is 0 Å². The maximum absolute atomic E-state index is 9.92. The number of ether oxygens (including phenoxy) is 1. The minimum absolute atomic E-state index is 0.220. The van der Waals surface area contributed by atoms with Crippen molar-refractivity contribution in [3.05, 3.63) is 12.0 Å².